The summed E-state index contributed by atoms with van der Waals surface area (Å²) >= 11 is 0. The molecule has 6 rings (SSSR count). The third kappa shape index (κ3) is 6.16. The van der Waals surface area contributed by atoms with Crippen molar-refractivity contribution in [2.75, 3.05) is 51.5 Å². The van der Waals surface area contributed by atoms with Crippen LogP contribution in [0.3, 0.4) is 0 Å². The number of amides is 1. The molecule has 0 radical (unpaired) electrons. The number of carbonyl (C=O) groups excluding carboxylic acids is 1. The summed E-state index contributed by atoms with van der Waals surface area (Å²) in [5.74, 6) is 1.63. The van der Waals surface area contributed by atoms with Crippen LogP contribution in [0.25, 0.3) is 5.69 Å². The summed E-state index contributed by atoms with van der Waals surface area (Å²) in [4.78, 5) is 28.9. The normalized spacial score (nSPS) is 14.4. The van der Waals surface area contributed by atoms with Crippen LogP contribution in [0, 0.1) is 0 Å². The molecule has 11 heteroatoms. The maximum Gasteiger partial charge on any atom is 0.299 e. The summed E-state index contributed by atoms with van der Waals surface area (Å²) in [6.07, 6.45) is 1.48. The van der Waals surface area contributed by atoms with E-state index in [0.29, 0.717) is 53.9 Å². The first-order valence-corrected chi connectivity index (χ1v) is 13.3. The molecule has 3 aromatic carbocycles. The maximum absolute atomic E-state index is 13.7. The number of benzene rings is 3. The van der Waals surface area contributed by atoms with Crippen LogP contribution in [-0.2, 0) is 4.74 Å². The molecule has 3 heterocycles. The molecule has 11 nitrogen and oxygen atoms in total. The third-order valence-electron chi connectivity index (χ3n) is 6.73. The van der Waals surface area contributed by atoms with Gasteiger partial charge in [-0.1, -0.05) is 24.3 Å². The number of morpholine rings is 1. The van der Waals surface area contributed by atoms with Crippen molar-refractivity contribution in [2.24, 2.45) is 0 Å². The maximum atomic E-state index is 13.7. The molecule has 0 aliphatic carbocycles. The van der Waals surface area contributed by atoms with Gasteiger partial charge in [0.25, 0.3) is 11.5 Å². The van der Waals surface area contributed by atoms with Crippen LogP contribution in [0.4, 0.5) is 11.4 Å². The molecule has 0 bridgehead atoms. The number of fused-ring (bicyclic) bond motifs is 1. The number of aromatic nitrogens is 2. The first-order chi connectivity index (χ1) is 20.1. The SMILES string of the molecule is O=C(NCCN1CCOCC1)c1cccc(Nc2c(Oc3ccc4c(c3)OCO4)cnn(-c3ccccc3)c2=O)c1. The van der Waals surface area contributed by atoms with Gasteiger partial charge < -0.3 is 29.6 Å². The highest BCUT2D eigenvalue weighted by Gasteiger charge is 2.19. The summed E-state index contributed by atoms with van der Waals surface area (Å²) in [5, 5.41) is 10.5. The number of hydrogen-bond donors (Lipinski definition) is 2. The number of ether oxygens (including phenoxy) is 4. The number of para-hydroxylation sites is 1. The summed E-state index contributed by atoms with van der Waals surface area (Å²) in [7, 11) is 0. The van der Waals surface area contributed by atoms with Gasteiger partial charge in [-0.25, -0.2) is 0 Å². The molecule has 2 aliphatic heterocycles. The van der Waals surface area contributed by atoms with Crippen LogP contribution in [-0.4, -0.2) is 66.8 Å². The molecule has 0 saturated carbocycles. The van der Waals surface area contributed by atoms with Gasteiger partial charge in [0.2, 0.25) is 6.79 Å². The molecule has 0 spiro atoms. The number of rotatable bonds is 9. The van der Waals surface area contributed by atoms with Crippen molar-refractivity contribution in [2.45, 2.75) is 0 Å². The number of anilines is 2. The fraction of sp³-hybridized carbons (Fsp3) is 0.233. The molecule has 2 N–H and O–H groups in total. The highest BCUT2D eigenvalue weighted by atomic mass is 16.7. The zero-order valence-corrected chi connectivity index (χ0v) is 22.2. The Bertz CT molecular complexity index is 1590. The molecular weight excluding hydrogens is 526 g/mol. The monoisotopic (exact) mass is 555 g/mol. The Kier molecular flexibility index (Phi) is 7.79. The lowest BCUT2D eigenvalue weighted by Crippen LogP contribution is -2.41. The lowest BCUT2D eigenvalue weighted by Gasteiger charge is -2.26. The quantitative estimate of drug-likeness (QED) is 0.320. The predicted octanol–water partition coefficient (Wildman–Crippen LogP) is 3.56. The van der Waals surface area contributed by atoms with Gasteiger partial charge in [0, 0.05) is 43.5 Å². The highest BCUT2D eigenvalue weighted by molar-refractivity contribution is 5.95. The smallest absolute Gasteiger partial charge is 0.299 e. The topological polar surface area (TPSA) is 116 Å². The molecule has 1 saturated heterocycles. The summed E-state index contributed by atoms with van der Waals surface area (Å²) in [6.45, 7) is 4.56. The predicted molar refractivity (Wildman–Crippen MR) is 152 cm³/mol. The van der Waals surface area contributed by atoms with E-state index < -0.39 is 5.56 Å². The fourth-order valence-electron chi connectivity index (χ4n) is 4.59. The lowest BCUT2D eigenvalue weighted by atomic mass is 10.2. The molecule has 41 heavy (non-hydrogen) atoms. The van der Waals surface area contributed by atoms with Gasteiger partial charge in [0.05, 0.1) is 25.1 Å². The van der Waals surface area contributed by atoms with Crippen molar-refractivity contribution in [3.63, 3.8) is 0 Å². The highest BCUT2D eigenvalue weighted by Crippen LogP contribution is 2.37. The molecule has 0 atom stereocenters. The van der Waals surface area contributed by atoms with Gasteiger partial charge in [-0.2, -0.15) is 9.78 Å². The largest absolute Gasteiger partial charge is 0.454 e. The number of hydrogen-bond acceptors (Lipinski definition) is 9. The number of nitrogens with zero attached hydrogens (tertiary/aromatic N) is 3. The minimum Gasteiger partial charge on any atom is -0.454 e. The van der Waals surface area contributed by atoms with Crippen molar-refractivity contribution in [3.05, 3.63) is 94.9 Å². The molecule has 1 aromatic heterocycles. The van der Waals surface area contributed by atoms with E-state index in [9.17, 15) is 9.59 Å². The first-order valence-electron chi connectivity index (χ1n) is 13.3. The van der Waals surface area contributed by atoms with Gasteiger partial charge in [0.1, 0.15) is 5.75 Å². The van der Waals surface area contributed by atoms with E-state index in [2.05, 4.69) is 20.6 Å². The molecule has 1 fully saturated rings. The van der Waals surface area contributed by atoms with Gasteiger partial charge in [-0.05, 0) is 42.5 Å². The lowest BCUT2D eigenvalue weighted by molar-refractivity contribution is 0.0383. The minimum atomic E-state index is -0.421. The van der Waals surface area contributed by atoms with Gasteiger partial charge in [-0.15, -0.1) is 0 Å². The van der Waals surface area contributed by atoms with E-state index in [1.54, 1.807) is 54.6 Å². The Labute approximate surface area is 236 Å². The molecular formula is C30H29N5O6. The number of nitrogens with one attached hydrogen (secondary N) is 2. The van der Waals surface area contributed by atoms with Gasteiger partial charge >= 0.3 is 0 Å². The van der Waals surface area contributed by atoms with E-state index in [1.165, 1.54) is 10.9 Å². The van der Waals surface area contributed by atoms with Crippen molar-refractivity contribution in [3.8, 4) is 28.7 Å². The van der Waals surface area contributed by atoms with Crippen molar-refractivity contribution in [1.82, 2.24) is 20.0 Å². The molecule has 4 aromatic rings. The van der Waals surface area contributed by atoms with E-state index in [1.807, 2.05) is 18.2 Å². The standard InChI is InChI=1S/C30H29N5O6/c36-29(31-11-12-34-13-15-38-16-14-34)21-5-4-6-22(17-21)33-28-27(41-24-9-10-25-26(18-24)40-20-39-25)19-32-35(30(28)37)23-7-2-1-3-8-23/h1-10,17-19,33H,11-16,20H2,(H,31,36). The van der Waals surface area contributed by atoms with Crippen molar-refractivity contribution in [1.29, 1.82) is 0 Å². The summed E-state index contributed by atoms with van der Waals surface area (Å²) < 4.78 is 23.6. The van der Waals surface area contributed by atoms with Crippen LogP contribution in [0.2, 0.25) is 0 Å². The summed E-state index contributed by atoms with van der Waals surface area (Å²) in [6, 6.07) is 21.2. The van der Waals surface area contributed by atoms with Crippen LogP contribution < -0.4 is 30.4 Å². The number of carbonyl (C=O) groups is 1. The first kappa shape index (κ1) is 26.4. The average Bonchev–Trinajstić information content (AvgIpc) is 3.48. The van der Waals surface area contributed by atoms with Crippen LogP contribution in [0.15, 0.2) is 83.8 Å². The molecule has 0 unspecified atom stereocenters. The van der Waals surface area contributed by atoms with E-state index in [0.717, 1.165) is 19.6 Å². The van der Waals surface area contributed by atoms with E-state index in [4.69, 9.17) is 18.9 Å². The van der Waals surface area contributed by atoms with Crippen molar-refractivity contribution < 1.29 is 23.7 Å². The van der Waals surface area contributed by atoms with E-state index in [-0.39, 0.29) is 24.1 Å². The Morgan fingerprint density at radius 1 is 0.951 bits per heavy atom. The van der Waals surface area contributed by atoms with Gasteiger partial charge in [0.15, 0.2) is 22.9 Å². The average molecular weight is 556 g/mol. The summed E-state index contributed by atoms with van der Waals surface area (Å²) in [5.41, 5.74) is 1.35. The molecule has 210 valence electrons. The molecule has 2 aliphatic rings. The zero-order valence-electron chi connectivity index (χ0n) is 22.2. The minimum absolute atomic E-state index is 0.136. The van der Waals surface area contributed by atoms with Crippen LogP contribution >= 0.6 is 0 Å². The Morgan fingerprint density at radius 2 is 1.78 bits per heavy atom. The van der Waals surface area contributed by atoms with Gasteiger partial charge in [-0.3, -0.25) is 14.5 Å². The molecule has 1 amide bonds. The Balaban J connectivity index is 1.25. The van der Waals surface area contributed by atoms with Crippen LogP contribution in [0.5, 0.6) is 23.0 Å². The second-order valence-corrected chi connectivity index (χ2v) is 9.47. The second-order valence-electron chi connectivity index (χ2n) is 9.47. The van der Waals surface area contributed by atoms with E-state index >= 15 is 0 Å². The van der Waals surface area contributed by atoms with Crippen molar-refractivity contribution >= 4 is 17.3 Å². The Hall–Kier alpha value is -4.87. The Morgan fingerprint density at radius 3 is 2.63 bits per heavy atom. The second kappa shape index (κ2) is 12.1. The third-order valence-corrected chi connectivity index (χ3v) is 6.73. The zero-order chi connectivity index (χ0) is 28.0. The fourth-order valence-corrected chi connectivity index (χ4v) is 4.59. The van der Waals surface area contributed by atoms with Crippen LogP contribution in [0.1, 0.15) is 10.4 Å².